The minimum absolute atomic E-state index is 0.328. The quantitative estimate of drug-likeness (QED) is 0.317. The number of rotatable bonds is 5. The largest absolute Gasteiger partial charge is 0.356 e. The van der Waals surface area contributed by atoms with E-state index in [-0.39, 0.29) is 11.6 Å². The molecule has 0 radical (unpaired) electrons. The van der Waals surface area contributed by atoms with Gasteiger partial charge in [-0.15, -0.1) is 0 Å². The van der Waals surface area contributed by atoms with Gasteiger partial charge in [0.1, 0.15) is 17.5 Å². The van der Waals surface area contributed by atoms with Gasteiger partial charge in [0.25, 0.3) is 0 Å². The predicted molar refractivity (Wildman–Crippen MR) is 131 cm³/mol. The number of nitrogens with one attached hydrogen (secondary N) is 1. The van der Waals surface area contributed by atoms with Gasteiger partial charge in [0.2, 0.25) is 0 Å². The molecule has 176 valence electrons. The molecule has 0 saturated carbocycles. The topological polar surface area (TPSA) is 58.0 Å². The normalized spacial score (nSPS) is 15.1. The maximum absolute atomic E-state index is 14.0. The van der Waals surface area contributed by atoms with Crippen molar-refractivity contribution < 1.29 is 13.3 Å². The number of fused-ring (bicyclic) bond motifs is 1. The highest BCUT2D eigenvalue weighted by Crippen LogP contribution is 2.34. The number of aromatic nitrogens is 3. The second-order valence-electron chi connectivity index (χ2n) is 9.04. The lowest BCUT2D eigenvalue weighted by molar-refractivity contribution is 0.198. The number of imidazole rings is 1. The van der Waals surface area contributed by atoms with E-state index < -0.39 is 0 Å². The molecule has 0 spiro atoms. The number of hydrogen-bond donors (Lipinski definition) is 1. The molecule has 0 bridgehead atoms. The highest BCUT2D eigenvalue weighted by Gasteiger charge is 2.26. The van der Waals surface area contributed by atoms with Gasteiger partial charge in [0, 0.05) is 22.4 Å². The Morgan fingerprint density at radius 2 is 1.60 bits per heavy atom. The van der Waals surface area contributed by atoms with E-state index in [4.69, 9.17) is 9.51 Å². The summed E-state index contributed by atoms with van der Waals surface area (Å²) in [6, 6.07) is 20.7. The Labute approximate surface area is 201 Å². The summed E-state index contributed by atoms with van der Waals surface area (Å²) in [7, 11) is 0. The molecule has 3 heterocycles. The maximum Gasteiger partial charge on any atom is 0.167 e. The number of benzene rings is 3. The average molecular weight is 471 g/mol. The van der Waals surface area contributed by atoms with Crippen molar-refractivity contribution in [2.75, 3.05) is 13.1 Å². The van der Waals surface area contributed by atoms with Crippen molar-refractivity contribution in [3.8, 4) is 22.5 Å². The first-order valence-electron chi connectivity index (χ1n) is 11.8. The van der Waals surface area contributed by atoms with Crippen LogP contribution in [0.1, 0.15) is 30.3 Å². The van der Waals surface area contributed by atoms with Crippen LogP contribution < -0.4 is 0 Å². The van der Waals surface area contributed by atoms with Gasteiger partial charge in [0.05, 0.1) is 23.6 Å². The summed E-state index contributed by atoms with van der Waals surface area (Å²) in [6.07, 6.45) is 1.95. The van der Waals surface area contributed by atoms with Crippen LogP contribution in [0.5, 0.6) is 0 Å². The number of para-hydroxylation sites is 1. The van der Waals surface area contributed by atoms with E-state index in [1.165, 1.54) is 24.3 Å². The van der Waals surface area contributed by atoms with E-state index in [0.29, 0.717) is 35.0 Å². The maximum atomic E-state index is 14.0. The summed E-state index contributed by atoms with van der Waals surface area (Å²) in [5, 5.41) is 5.44. The standard InChI is InChI=1S/C28H24F2N4O/c29-21-7-3-5-19(15-21)27-28(20-6-4-8-22(30)16-20)32-25(31-27)17-34-13-11-18(12-14-34)26-23-9-1-2-10-24(23)35-33-26/h1-10,15-16,18H,11-14,17H2,(H,31,32). The molecule has 0 amide bonds. The predicted octanol–water partition coefficient (Wildman–Crippen LogP) is 6.54. The third-order valence-corrected chi connectivity index (χ3v) is 6.72. The van der Waals surface area contributed by atoms with Crippen LogP contribution >= 0.6 is 0 Å². The average Bonchev–Trinajstić information content (AvgIpc) is 3.49. The molecule has 0 aliphatic carbocycles. The zero-order chi connectivity index (χ0) is 23.8. The second kappa shape index (κ2) is 9.07. The first-order valence-corrected chi connectivity index (χ1v) is 11.8. The Bertz CT molecular complexity index is 1420. The molecule has 3 aromatic carbocycles. The van der Waals surface area contributed by atoms with Crippen molar-refractivity contribution >= 4 is 11.0 Å². The van der Waals surface area contributed by atoms with Crippen LogP contribution in [0.4, 0.5) is 8.78 Å². The van der Waals surface area contributed by atoms with Gasteiger partial charge < -0.3 is 9.51 Å². The number of H-pyrrole nitrogens is 1. The van der Waals surface area contributed by atoms with Crippen LogP contribution in [-0.2, 0) is 6.54 Å². The van der Waals surface area contributed by atoms with E-state index in [1.807, 2.05) is 30.3 Å². The van der Waals surface area contributed by atoms with E-state index in [2.05, 4.69) is 21.1 Å². The monoisotopic (exact) mass is 470 g/mol. The minimum atomic E-state index is -0.334. The molecular formula is C28H24F2N4O. The van der Waals surface area contributed by atoms with Gasteiger partial charge in [0.15, 0.2) is 5.58 Å². The SMILES string of the molecule is Fc1cccc(-c2nc(CN3CCC(c4noc5ccccc45)CC3)[nH]c2-c2cccc(F)c2)c1. The van der Waals surface area contributed by atoms with Crippen LogP contribution in [0.3, 0.4) is 0 Å². The Morgan fingerprint density at radius 3 is 2.37 bits per heavy atom. The van der Waals surface area contributed by atoms with Crippen LogP contribution in [0.2, 0.25) is 0 Å². The molecule has 1 N–H and O–H groups in total. The molecule has 1 aliphatic rings. The third-order valence-electron chi connectivity index (χ3n) is 6.72. The molecule has 5 nitrogen and oxygen atoms in total. The van der Waals surface area contributed by atoms with Gasteiger partial charge in [-0.2, -0.15) is 0 Å². The van der Waals surface area contributed by atoms with Crippen molar-refractivity contribution in [3.63, 3.8) is 0 Å². The third kappa shape index (κ3) is 4.35. The van der Waals surface area contributed by atoms with Crippen molar-refractivity contribution in [1.82, 2.24) is 20.0 Å². The molecule has 1 saturated heterocycles. The molecule has 1 aliphatic heterocycles. The molecule has 0 atom stereocenters. The van der Waals surface area contributed by atoms with Crippen molar-refractivity contribution in [2.24, 2.45) is 0 Å². The molecule has 7 heteroatoms. The van der Waals surface area contributed by atoms with Crippen molar-refractivity contribution in [2.45, 2.75) is 25.3 Å². The number of halogens is 2. The highest BCUT2D eigenvalue weighted by atomic mass is 19.1. The Kier molecular flexibility index (Phi) is 5.62. The fraction of sp³-hybridized carbons (Fsp3) is 0.214. The lowest BCUT2D eigenvalue weighted by Crippen LogP contribution is -2.33. The van der Waals surface area contributed by atoms with E-state index in [0.717, 1.165) is 48.4 Å². The number of piperidine rings is 1. The zero-order valence-corrected chi connectivity index (χ0v) is 19.0. The minimum Gasteiger partial charge on any atom is -0.356 e. The molecular weight excluding hydrogens is 446 g/mol. The number of aromatic amines is 1. The molecule has 2 aromatic heterocycles. The molecule has 5 aromatic rings. The summed E-state index contributed by atoms with van der Waals surface area (Å²) in [6.45, 7) is 2.43. The van der Waals surface area contributed by atoms with Crippen molar-refractivity contribution in [1.29, 1.82) is 0 Å². The van der Waals surface area contributed by atoms with Crippen LogP contribution in [0.25, 0.3) is 33.5 Å². The zero-order valence-electron chi connectivity index (χ0n) is 19.0. The first kappa shape index (κ1) is 21.7. The van der Waals surface area contributed by atoms with E-state index in [9.17, 15) is 8.78 Å². The Hall–Kier alpha value is -3.84. The summed E-state index contributed by atoms with van der Waals surface area (Å²) in [5.74, 6) is 0.469. The number of likely N-dealkylation sites (tertiary alicyclic amines) is 1. The second-order valence-corrected chi connectivity index (χ2v) is 9.04. The molecule has 0 unspecified atom stereocenters. The first-order chi connectivity index (χ1) is 17.1. The van der Waals surface area contributed by atoms with Crippen LogP contribution in [0.15, 0.2) is 77.3 Å². The summed E-state index contributed by atoms with van der Waals surface area (Å²) < 4.78 is 33.4. The Morgan fingerprint density at radius 1 is 0.886 bits per heavy atom. The molecule has 6 rings (SSSR count). The van der Waals surface area contributed by atoms with Gasteiger partial charge in [-0.05, 0) is 62.3 Å². The number of nitrogens with zero attached hydrogens (tertiary/aromatic N) is 3. The van der Waals surface area contributed by atoms with E-state index in [1.54, 1.807) is 12.1 Å². The van der Waals surface area contributed by atoms with Gasteiger partial charge in [-0.1, -0.05) is 41.6 Å². The van der Waals surface area contributed by atoms with Gasteiger partial charge in [-0.25, -0.2) is 13.8 Å². The van der Waals surface area contributed by atoms with E-state index >= 15 is 0 Å². The van der Waals surface area contributed by atoms with Crippen molar-refractivity contribution in [3.05, 3.63) is 95.9 Å². The van der Waals surface area contributed by atoms with Crippen LogP contribution in [0, 0.1) is 11.6 Å². The summed E-state index contributed by atoms with van der Waals surface area (Å²) in [4.78, 5) is 10.6. The molecule has 1 fully saturated rings. The lowest BCUT2D eigenvalue weighted by Gasteiger charge is -2.30. The van der Waals surface area contributed by atoms with Crippen LogP contribution in [-0.4, -0.2) is 33.1 Å². The Balaban J connectivity index is 1.23. The summed E-state index contributed by atoms with van der Waals surface area (Å²) >= 11 is 0. The van der Waals surface area contributed by atoms with Gasteiger partial charge in [-0.3, -0.25) is 4.90 Å². The lowest BCUT2D eigenvalue weighted by atomic mass is 9.91. The highest BCUT2D eigenvalue weighted by molar-refractivity contribution is 5.80. The fourth-order valence-electron chi connectivity index (χ4n) is 4.97. The van der Waals surface area contributed by atoms with Gasteiger partial charge >= 0.3 is 0 Å². The molecule has 35 heavy (non-hydrogen) atoms. The fourth-order valence-corrected chi connectivity index (χ4v) is 4.97. The number of hydrogen-bond acceptors (Lipinski definition) is 4. The smallest absolute Gasteiger partial charge is 0.167 e. The summed E-state index contributed by atoms with van der Waals surface area (Å²) in [5.41, 5.74) is 4.52.